The molecule has 5 heterocycles. The van der Waals surface area contributed by atoms with Gasteiger partial charge >= 0.3 is 12.2 Å². The van der Waals surface area contributed by atoms with Gasteiger partial charge in [0.05, 0.1) is 6.20 Å². The van der Waals surface area contributed by atoms with Crippen LogP contribution in [0.4, 0.5) is 18.0 Å². The van der Waals surface area contributed by atoms with Crippen LogP contribution in [0.3, 0.4) is 0 Å². The number of halogens is 3. The highest BCUT2D eigenvalue weighted by Crippen LogP contribution is 2.56. The Morgan fingerprint density at radius 2 is 1.71 bits per heavy atom. The molecule has 2 aromatic heterocycles. The van der Waals surface area contributed by atoms with E-state index in [4.69, 9.17) is 0 Å². The topological polar surface area (TPSA) is 86.2 Å². The molecule has 0 radical (unpaired) electrons. The van der Waals surface area contributed by atoms with Crippen molar-refractivity contribution in [2.75, 3.05) is 39.3 Å². The molecule has 0 aromatic carbocycles. The minimum absolute atomic E-state index is 0.0337. The Labute approximate surface area is 200 Å². The molecule has 0 atom stereocenters. The summed E-state index contributed by atoms with van der Waals surface area (Å²) < 4.78 is 40.8. The zero-order chi connectivity index (χ0) is 24.2. The molecule has 1 N–H and O–H groups in total. The highest BCUT2D eigenvalue weighted by molar-refractivity contribution is 5.77. The first kappa shape index (κ1) is 21.6. The van der Waals surface area contributed by atoms with Gasteiger partial charge in [0.2, 0.25) is 0 Å². The molecule has 7 rings (SSSR count). The highest BCUT2D eigenvalue weighted by Gasteiger charge is 2.58. The van der Waals surface area contributed by atoms with Gasteiger partial charge in [-0.1, -0.05) is 0 Å². The van der Waals surface area contributed by atoms with Crippen LogP contribution in [0.2, 0.25) is 0 Å². The number of alkyl halides is 3. The Kier molecular flexibility index (Phi) is 4.32. The van der Waals surface area contributed by atoms with Crippen LogP contribution < -0.4 is 0 Å². The van der Waals surface area contributed by atoms with Crippen LogP contribution in [0.25, 0.3) is 0 Å². The van der Waals surface area contributed by atoms with Crippen molar-refractivity contribution in [3.8, 4) is 0 Å². The van der Waals surface area contributed by atoms with Crippen molar-refractivity contribution in [1.29, 1.82) is 0 Å². The summed E-state index contributed by atoms with van der Waals surface area (Å²) in [6, 6.07) is 0.102. The quantitative estimate of drug-likeness (QED) is 0.712. The molecule has 5 aliphatic rings. The largest absolute Gasteiger partial charge is 0.433 e. The van der Waals surface area contributed by atoms with Gasteiger partial charge in [-0.2, -0.15) is 23.4 Å². The van der Waals surface area contributed by atoms with E-state index in [0.29, 0.717) is 38.0 Å². The second kappa shape index (κ2) is 6.98. The second-order valence-electron chi connectivity index (χ2n) is 11.7. The molecule has 2 amide bonds. The number of aromatic nitrogens is 5. The first-order valence-electron chi connectivity index (χ1n) is 12.4. The molecule has 3 saturated heterocycles. The van der Waals surface area contributed by atoms with Crippen molar-refractivity contribution in [2.45, 2.75) is 50.2 Å². The average molecular weight is 491 g/mol. The molecule has 35 heavy (non-hydrogen) atoms. The molecular weight excluding hydrogens is 461 g/mol. The van der Waals surface area contributed by atoms with Gasteiger partial charge in [0.1, 0.15) is 11.5 Å². The van der Waals surface area contributed by atoms with Crippen molar-refractivity contribution in [3.63, 3.8) is 0 Å². The van der Waals surface area contributed by atoms with Gasteiger partial charge < -0.3 is 9.80 Å². The van der Waals surface area contributed by atoms with E-state index in [9.17, 15) is 18.0 Å². The van der Waals surface area contributed by atoms with Crippen LogP contribution in [0.15, 0.2) is 6.20 Å². The van der Waals surface area contributed by atoms with Gasteiger partial charge in [0, 0.05) is 81.1 Å². The van der Waals surface area contributed by atoms with Crippen molar-refractivity contribution in [2.24, 2.45) is 17.9 Å². The number of carbonyl (C=O) groups is 1. The van der Waals surface area contributed by atoms with Crippen LogP contribution in [0.5, 0.6) is 0 Å². The van der Waals surface area contributed by atoms with Crippen molar-refractivity contribution in [3.05, 3.63) is 29.1 Å². The summed E-state index contributed by atoms with van der Waals surface area (Å²) in [5, 5.41) is 11.3. The third-order valence-electron chi connectivity index (χ3n) is 8.65. The lowest BCUT2D eigenvalue weighted by atomic mass is 9.57. The van der Waals surface area contributed by atoms with E-state index in [1.54, 1.807) is 0 Å². The number of aryl methyl sites for hydroxylation is 1. The molecule has 2 spiro atoms. The Bertz CT molecular complexity index is 1160. The third-order valence-corrected chi connectivity index (χ3v) is 8.65. The number of urea groups is 1. The predicted octanol–water partition coefficient (Wildman–Crippen LogP) is 2.55. The fraction of sp³-hybridized carbons (Fsp3) is 0.739. The summed E-state index contributed by atoms with van der Waals surface area (Å²) in [6.45, 7) is 4.67. The molecule has 5 fully saturated rings. The van der Waals surface area contributed by atoms with E-state index >= 15 is 0 Å². The molecule has 0 unspecified atom stereocenters. The smallest absolute Gasteiger partial charge is 0.323 e. The number of nitrogens with zero attached hydrogens (tertiary/aromatic N) is 7. The minimum atomic E-state index is -4.41. The summed E-state index contributed by atoms with van der Waals surface area (Å²) in [5.74, 6) is 2.96. The molecule has 2 saturated carbocycles. The summed E-state index contributed by atoms with van der Waals surface area (Å²) in [6.07, 6.45) is 1.41. The standard InChI is InChI=1S/C23H29F3N8O/c1-31-17(23(24,25)26)16(6-27-31)7-32-8-22(9-32)12-34(13-22)20(35)33-10-21(11-33)4-15(5-21)19-28-18(29-30-19)14-2-3-14/h6,14-15H,2-5,7-13H2,1H3,(H,28,29,30). The van der Waals surface area contributed by atoms with Crippen LogP contribution in [-0.4, -0.2) is 85.0 Å². The molecule has 188 valence electrons. The molecule has 3 aliphatic heterocycles. The Morgan fingerprint density at radius 1 is 1.06 bits per heavy atom. The number of amides is 2. The Morgan fingerprint density at radius 3 is 2.34 bits per heavy atom. The van der Waals surface area contributed by atoms with Gasteiger partial charge in [-0.05, 0) is 25.7 Å². The number of aromatic amines is 1. The zero-order valence-corrected chi connectivity index (χ0v) is 19.7. The first-order chi connectivity index (χ1) is 16.6. The normalized spacial score (nSPS) is 25.4. The first-order valence-corrected chi connectivity index (χ1v) is 12.4. The van der Waals surface area contributed by atoms with Crippen LogP contribution >= 0.6 is 0 Å². The number of hydrogen-bond donors (Lipinski definition) is 1. The Balaban J connectivity index is 0.862. The second-order valence-corrected chi connectivity index (χ2v) is 11.7. The fourth-order valence-electron chi connectivity index (χ4n) is 6.85. The minimum Gasteiger partial charge on any atom is -0.323 e. The number of likely N-dealkylation sites (tertiary alicyclic amines) is 3. The van der Waals surface area contributed by atoms with E-state index in [1.165, 1.54) is 26.1 Å². The SMILES string of the molecule is Cn1ncc(CN2CC3(C2)CN(C(=O)N2CC4(CC(c5nc(C6CC6)n[nH]5)C4)C2)C3)c1C(F)(F)F. The van der Waals surface area contributed by atoms with E-state index in [-0.39, 0.29) is 29.0 Å². The number of hydrogen-bond acceptors (Lipinski definition) is 5. The average Bonchev–Trinajstić information content (AvgIpc) is 3.28. The molecule has 0 bridgehead atoms. The van der Waals surface area contributed by atoms with E-state index in [1.807, 2.05) is 14.7 Å². The maximum Gasteiger partial charge on any atom is 0.433 e. The zero-order valence-electron chi connectivity index (χ0n) is 19.7. The molecule has 2 aliphatic carbocycles. The van der Waals surface area contributed by atoms with Crippen molar-refractivity contribution in [1.82, 2.24) is 39.7 Å². The third kappa shape index (κ3) is 3.47. The number of H-pyrrole nitrogens is 1. The predicted molar refractivity (Wildman–Crippen MR) is 117 cm³/mol. The lowest BCUT2D eigenvalue weighted by molar-refractivity contribution is -0.145. The van der Waals surface area contributed by atoms with Crippen LogP contribution in [0, 0.1) is 10.8 Å². The van der Waals surface area contributed by atoms with Crippen molar-refractivity contribution < 1.29 is 18.0 Å². The molecular formula is C23H29F3N8O. The van der Waals surface area contributed by atoms with E-state index in [2.05, 4.69) is 20.3 Å². The Hall–Kier alpha value is -2.63. The van der Waals surface area contributed by atoms with Gasteiger partial charge in [-0.15, -0.1) is 0 Å². The lowest BCUT2D eigenvalue weighted by Crippen LogP contribution is -2.75. The van der Waals surface area contributed by atoms with Gasteiger partial charge in [-0.3, -0.25) is 14.7 Å². The number of rotatable bonds is 4. The van der Waals surface area contributed by atoms with E-state index in [0.717, 1.165) is 42.3 Å². The summed E-state index contributed by atoms with van der Waals surface area (Å²) in [5.41, 5.74) is -0.199. The van der Waals surface area contributed by atoms with Crippen molar-refractivity contribution >= 4 is 6.03 Å². The number of nitrogens with one attached hydrogen (secondary N) is 1. The maximum absolute atomic E-state index is 13.3. The van der Waals surface area contributed by atoms with Gasteiger partial charge in [-0.25, -0.2) is 9.78 Å². The number of carbonyl (C=O) groups excluding carboxylic acids is 1. The highest BCUT2D eigenvalue weighted by atomic mass is 19.4. The summed E-state index contributed by atoms with van der Waals surface area (Å²) in [4.78, 5) is 23.4. The maximum atomic E-state index is 13.3. The van der Waals surface area contributed by atoms with Crippen LogP contribution in [0.1, 0.15) is 60.4 Å². The molecule has 9 nitrogen and oxygen atoms in total. The molecule has 2 aromatic rings. The monoisotopic (exact) mass is 490 g/mol. The fourth-order valence-corrected chi connectivity index (χ4v) is 6.85. The summed E-state index contributed by atoms with van der Waals surface area (Å²) >= 11 is 0. The summed E-state index contributed by atoms with van der Waals surface area (Å²) in [7, 11) is 1.32. The van der Waals surface area contributed by atoms with Gasteiger partial charge in [0.15, 0.2) is 5.82 Å². The van der Waals surface area contributed by atoms with E-state index < -0.39 is 11.9 Å². The lowest BCUT2D eigenvalue weighted by Gasteiger charge is -2.63. The van der Waals surface area contributed by atoms with Crippen LogP contribution in [-0.2, 0) is 19.8 Å². The molecule has 12 heteroatoms. The van der Waals surface area contributed by atoms with Gasteiger partial charge in [0.25, 0.3) is 0 Å².